The Morgan fingerprint density at radius 2 is 2.14 bits per heavy atom. The molecule has 2 aromatic rings. The predicted octanol–water partition coefficient (Wildman–Crippen LogP) is 4.07. The van der Waals surface area contributed by atoms with Crippen molar-refractivity contribution >= 4 is 34.8 Å². The van der Waals surface area contributed by atoms with Gasteiger partial charge in [0.05, 0.1) is 10.7 Å². The number of halogens is 2. The van der Waals surface area contributed by atoms with Crippen LogP contribution in [0, 0.1) is 0 Å². The minimum Gasteiger partial charge on any atom is -0.339 e. The Bertz CT molecular complexity index is 641. The van der Waals surface area contributed by atoms with Crippen molar-refractivity contribution in [1.82, 2.24) is 10.1 Å². The summed E-state index contributed by atoms with van der Waals surface area (Å²) in [5, 5.41) is 7.50. The molecule has 1 heterocycles. The normalized spacial score (nSPS) is 10.9. The number of benzene rings is 1. The smallest absolute Gasteiger partial charge is 0.227 e. The average Bonchev–Trinajstić information content (AvgIpc) is 2.90. The molecule has 0 bridgehead atoms. The van der Waals surface area contributed by atoms with E-state index in [0.717, 1.165) is 0 Å². The Kier molecular flexibility index (Phi) is 5.20. The number of rotatable bonds is 5. The number of carbonyl (C=O) groups excluding carboxylic acids is 1. The number of hydrogen-bond acceptors (Lipinski definition) is 4. The predicted molar refractivity (Wildman–Crippen MR) is 81.8 cm³/mol. The maximum Gasteiger partial charge on any atom is 0.227 e. The molecule has 0 atom stereocenters. The lowest BCUT2D eigenvalue weighted by atomic mass is 10.2. The van der Waals surface area contributed by atoms with Crippen LogP contribution >= 0.6 is 23.2 Å². The molecule has 0 aliphatic rings. The molecule has 0 fully saturated rings. The molecule has 0 saturated heterocycles. The van der Waals surface area contributed by atoms with Crippen LogP contribution in [-0.4, -0.2) is 16.0 Å². The van der Waals surface area contributed by atoms with Crippen molar-refractivity contribution in [2.45, 2.75) is 32.6 Å². The zero-order valence-corrected chi connectivity index (χ0v) is 13.2. The number of anilines is 1. The fraction of sp³-hybridized carbons (Fsp3) is 0.357. The minimum atomic E-state index is -0.191. The van der Waals surface area contributed by atoms with Crippen LogP contribution in [0.5, 0.6) is 0 Å². The molecule has 7 heteroatoms. The number of aryl methyl sites for hydroxylation is 1. The first-order chi connectivity index (χ1) is 9.95. The van der Waals surface area contributed by atoms with Gasteiger partial charge in [-0.05, 0) is 18.2 Å². The van der Waals surface area contributed by atoms with E-state index in [4.69, 9.17) is 27.7 Å². The van der Waals surface area contributed by atoms with Gasteiger partial charge in [0.25, 0.3) is 0 Å². The van der Waals surface area contributed by atoms with Gasteiger partial charge in [0, 0.05) is 23.8 Å². The summed E-state index contributed by atoms with van der Waals surface area (Å²) in [7, 11) is 0. The van der Waals surface area contributed by atoms with E-state index >= 15 is 0 Å². The summed E-state index contributed by atoms with van der Waals surface area (Å²) in [4.78, 5) is 16.1. The highest BCUT2D eigenvalue weighted by atomic mass is 35.5. The monoisotopic (exact) mass is 327 g/mol. The van der Waals surface area contributed by atoms with E-state index in [1.165, 1.54) is 0 Å². The van der Waals surface area contributed by atoms with Gasteiger partial charge >= 0.3 is 0 Å². The molecule has 5 nitrogen and oxygen atoms in total. The van der Waals surface area contributed by atoms with Gasteiger partial charge in [-0.1, -0.05) is 42.2 Å². The number of nitrogens with zero attached hydrogens (tertiary/aromatic N) is 2. The van der Waals surface area contributed by atoms with E-state index in [1.54, 1.807) is 18.2 Å². The van der Waals surface area contributed by atoms with Crippen molar-refractivity contribution < 1.29 is 9.32 Å². The molecule has 0 aliphatic heterocycles. The maximum absolute atomic E-state index is 11.9. The summed E-state index contributed by atoms with van der Waals surface area (Å²) in [6.45, 7) is 3.95. The molecule has 0 aliphatic carbocycles. The van der Waals surface area contributed by atoms with Gasteiger partial charge in [-0.25, -0.2) is 0 Å². The topological polar surface area (TPSA) is 68.0 Å². The van der Waals surface area contributed by atoms with Crippen LogP contribution < -0.4 is 5.32 Å². The lowest BCUT2D eigenvalue weighted by Crippen LogP contribution is -2.12. The lowest BCUT2D eigenvalue weighted by molar-refractivity contribution is -0.116. The van der Waals surface area contributed by atoms with E-state index in [2.05, 4.69) is 15.5 Å². The van der Waals surface area contributed by atoms with E-state index in [9.17, 15) is 4.79 Å². The summed E-state index contributed by atoms with van der Waals surface area (Å²) in [5.41, 5.74) is 0.488. The SMILES string of the molecule is CC(C)c1noc(CCC(=O)Nc2cc(Cl)ccc2Cl)n1. The molecule has 2 rings (SSSR count). The zero-order chi connectivity index (χ0) is 15.4. The van der Waals surface area contributed by atoms with Crippen LogP contribution in [0.4, 0.5) is 5.69 Å². The molecule has 0 radical (unpaired) electrons. The van der Waals surface area contributed by atoms with Crippen molar-refractivity contribution in [3.05, 3.63) is 40.0 Å². The Morgan fingerprint density at radius 3 is 2.81 bits per heavy atom. The second-order valence-electron chi connectivity index (χ2n) is 4.87. The molecular formula is C14H15Cl2N3O2. The molecule has 21 heavy (non-hydrogen) atoms. The Balaban J connectivity index is 1.91. The first-order valence-electron chi connectivity index (χ1n) is 6.53. The zero-order valence-electron chi connectivity index (χ0n) is 11.7. The van der Waals surface area contributed by atoms with Crippen LogP contribution in [-0.2, 0) is 11.2 Å². The van der Waals surface area contributed by atoms with Crippen molar-refractivity contribution in [3.63, 3.8) is 0 Å². The minimum absolute atomic E-state index is 0.191. The molecule has 1 amide bonds. The Labute approximate surface area is 132 Å². The Morgan fingerprint density at radius 1 is 1.38 bits per heavy atom. The third-order valence-electron chi connectivity index (χ3n) is 2.77. The first kappa shape index (κ1) is 15.8. The number of hydrogen-bond donors (Lipinski definition) is 1. The molecule has 1 aromatic heterocycles. The van der Waals surface area contributed by atoms with Crippen LogP contribution in [0.2, 0.25) is 10.0 Å². The van der Waals surface area contributed by atoms with Crippen LogP contribution in [0.15, 0.2) is 22.7 Å². The molecule has 0 unspecified atom stereocenters. The van der Waals surface area contributed by atoms with E-state index in [-0.39, 0.29) is 18.2 Å². The summed E-state index contributed by atoms with van der Waals surface area (Å²) >= 11 is 11.8. The van der Waals surface area contributed by atoms with Gasteiger partial charge < -0.3 is 9.84 Å². The second-order valence-corrected chi connectivity index (χ2v) is 5.72. The fourth-order valence-electron chi connectivity index (χ4n) is 1.63. The first-order valence-corrected chi connectivity index (χ1v) is 7.28. The number of aromatic nitrogens is 2. The highest BCUT2D eigenvalue weighted by molar-refractivity contribution is 6.35. The van der Waals surface area contributed by atoms with E-state index in [1.807, 2.05) is 13.8 Å². The fourth-order valence-corrected chi connectivity index (χ4v) is 1.97. The van der Waals surface area contributed by atoms with E-state index < -0.39 is 0 Å². The third-order valence-corrected chi connectivity index (χ3v) is 3.33. The van der Waals surface area contributed by atoms with Crippen LogP contribution in [0.1, 0.15) is 37.9 Å². The standard InChI is InChI=1S/C14H15Cl2N3O2/c1-8(2)14-18-13(21-19-14)6-5-12(20)17-11-7-9(15)3-4-10(11)16/h3-4,7-8H,5-6H2,1-2H3,(H,17,20). The summed E-state index contributed by atoms with van der Waals surface area (Å²) in [5.74, 6) is 1.10. The van der Waals surface area contributed by atoms with Gasteiger partial charge in [-0.2, -0.15) is 4.98 Å². The summed E-state index contributed by atoms with van der Waals surface area (Å²) in [6, 6.07) is 4.89. The average molecular weight is 328 g/mol. The van der Waals surface area contributed by atoms with Gasteiger partial charge in [0.15, 0.2) is 5.82 Å². The third kappa shape index (κ3) is 4.44. The van der Waals surface area contributed by atoms with Crippen LogP contribution in [0.3, 0.4) is 0 Å². The maximum atomic E-state index is 11.9. The lowest BCUT2D eigenvalue weighted by Gasteiger charge is -2.06. The van der Waals surface area contributed by atoms with Gasteiger partial charge in [0.1, 0.15) is 0 Å². The number of amides is 1. The molecule has 1 aromatic carbocycles. The van der Waals surface area contributed by atoms with Crippen molar-refractivity contribution in [1.29, 1.82) is 0 Å². The molecule has 0 saturated carbocycles. The molecule has 1 N–H and O–H groups in total. The Hall–Kier alpha value is -1.59. The number of nitrogens with one attached hydrogen (secondary N) is 1. The highest BCUT2D eigenvalue weighted by Gasteiger charge is 2.12. The quantitative estimate of drug-likeness (QED) is 0.898. The van der Waals surface area contributed by atoms with E-state index in [0.29, 0.717) is 33.9 Å². The second kappa shape index (κ2) is 6.91. The molecule has 112 valence electrons. The highest BCUT2D eigenvalue weighted by Crippen LogP contribution is 2.25. The summed E-state index contributed by atoms with van der Waals surface area (Å²) in [6.07, 6.45) is 0.603. The van der Waals surface area contributed by atoms with Crippen LogP contribution in [0.25, 0.3) is 0 Å². The van der Waals surface area contributed by atoms with Gasteiger partial charge in [-0.3, -0.25) is 4.79 Å². The number of carbonyl (C=O) groups is 1. The van der Waals surface area contributed by atoms with Crippen molar-refractivity contribution in [2.24, 2.45) is 0 Å². The molecule has 0 spiro atoms. The van der Waals surface area contributed by atoms with Gasteiger partial charge in [0.2, 0.25) is 11.8 Å². The van der Waals surface area contributed by atoms with Crippen molar-refractivity contribution in [3.8, 4) is 0 Å². The largest absolute Gasteiger partial charge is 0.339 e. The van der Waals surface area contributed by atoms with Gasteiger partial charge in [-0.15, -0.1) is 0 Å². The summed E-state index contributed by atoms with van der Waals surface area (Å²) < 4.78 is 5.08. The molecular weight excluding hydrogens is 313 g/mol. The van der Waals surface area contributed by atoms with Crippen molar-refractivity contribution in [2.75, 3.05) is 5.32 Å².